The molecule has 0 spiro atoms. The van der Waals surface area contributed by atoms with Crippen LogP contribution in [0.5, 0.6) is 0 Å². The zero-order valence-electron chi connectivity index (χ0n) is 17.2. The van der Waals surface area contributed by atoms with Crippen LogP contribution in [-0.2, 0) is 6.54 Å². The van der Waals surface area contributed by atoms with Gasteiger partial charge in [-0.15, -0.1) is 10.2 Å². The lowest BCUT2D eigenvalue weighted by atomic mass is 10.1. The summed E-state index contributed by atoms with van der Waals surface area (Å²) in [6.45, 7) is -0.203. The van der Waals surface area contributed by atoms with Crippen molar-refractivity contribution in [2.45, 2.75) is 13.0 Å². The second kappa shape index (κ2) is 9.90. The van der Waals surface area contributed by atoms with Gasteiger partial charge in [0.05, 0.1) is 27.0 Å². The van der Waals surface area contributed by atoms with Crippen LogP contribution in [0.2, 0.25) is 15.1 Å². The molecule has 0 atom stereocenters. The summed E-state index contributed by atoms with van der Waals surface area (Å²) in [4.78, 5) is 30.2. The molecule has 0 saturated heterocycles. The van der Waals surface area contributed by atoms with Gasteiger partial charge in [0, 0.05) is 11.2 Å². The minimum absolute atomic E-state index is 0.0341. The van der Waals surface area contributed by atoms with Gasteiger partial charge in [0.1, 0.15) is 12.2 Å². The topological polar surface area (TPSA) is 146 Å². The summed E-state index contributed by atoms with van der Waals surface area (Å²) in [5.41, 5.74) is 5.30. The lowest BCUT2D eigenvalue weighted by Crippen LogP contribution is -2.21. The summed E-state index contributed by atoms with van der Waals surface area (Å²) in [5.74, 6) is -2.30. The van der Waals surface area contributed by atoms with E-state index in [4.69, 9.17) is 40.5 Å². The Morgan fingerprint density at radius 3 is 2.54 bits per heavy atom. The zero-order chi connectivity index (χ0) is 25.3. The maximum atomic E-state index is 13.3. The Balaban J connectivity index is 1.75. The van der Waals surface area contributed by atoms with Crippen molar-refractivity contribution in [2.75, 3.05) is 5.32 Å². The monoisotopic (exact) mass is 541 g/mol. The highest BCUT2D eigenvalue weighted by molar-refractivity contribution is 6.38. The third-order valence-electron chi connectivity index (χ3n) is 4.46. The number of nitrogens with one attached hydrogen (secondary N) is 1. The van der Waals surface area contributed by atoms with Crippen molar-refractivity contribution < 1.29 is 18.4 Å². The summed E-state index contributed by atoms with van der Waals surface area (Å²) in [7, 11) is 0. The van der Waals surface area contributed by atoms with E-state index in [1.165, 1.54) is 30.5 Å². The normalized spacial score (nSPS) is 11.1. The quantitative estimate of drug-likeness (QED) is 0.363. The number of primary amides is 1. The van der Waals surface area contributed by atoms with E-state index in [0.717, 1.165) is 9.48 Å². The molecule has 0 bridgehead atoms. The molecular formula is C19H12Cl3F2N9O2. The lowest BCUT2D eigenvalue weighted by molar-refractivity contribution is 0.100. The number of hydrogen-bond acceptors (Lipinski definition) is 7. The van der Waals surface area contributed by atoms with Crippen molar-refractivity contribution in [3.63, 3.8) is 0 Å². The first-order valence-corrected chi connectivity index (χ1v) is 10.6. The van der Waals surface area contributed by atoms with Crippen LogP contribution in [0.15, 0.2) is 36.5 Å². The molecule has 16 heteroatoms. The third kappa shape index (κ3) is 5.21. The van der Waals surface area contributed by atoms with Gasteiger partial charge in [0.15, 0.2) is 5.82 Å². The number of amides is 2. The highest BCUT2D eigenvalue weighted by Gasteiger charge is 2.23. The molecule has 0 aliphatic heterocycles. The van der Waals surface area contributed by atoms with E-state index >= 15 is 0 Å². The van der Waals surface area contributed by atoms with Gasteiger partial charge in [0.25, 0.3) is 11.8 Å². The van der Waals surface area contributed by atoms with Gasteiger partial charge in [-0.1, -0.05) is 34.8 Å². The van der Waals surface area contributed by atoms with Gasteiger partial charge in [-0.05, 0) is 35.5 Å². The number of benzene rings is 1. The Morgan fingerprint density at radius 2 is 1.89 bits per heavy atom. The number of pyridine rings is 1. The molecular weight excluding hydrogens is 531 g/mol. The Labute approximate surface area is 209 Å². The molecule has 2 amide bonds. The Bertz CT molecular complexity index is 1440. The summed E-state index contributed by atoms with van der Waals surface area (Å²) >= 11 is 18.4. The molecule has 0 fully saturated rings. The largest absolute Gasteiger partial charge is 0.366 e. The molecule has 0 aliphatic carbocycles. The number of tetrazole rings is 1. The Kier molecular flexibility index (Phi) is 6.91. The summed E-state index contributed by atoms with van der Waals surface area (Å²) in [5, 5.41) is 17.5. The van der Waals surface area contributed by atoms with Crippen molar-refractivity contribution in [3.05, 3.63) is 74.4 Å². The minimum atomic E-state index is -2.90. The van der Waals surface area contributed by atoms with E-state index in [1.54, 1.807) is 6.07 Å². The predicted octanol–water partition coefficient (Wildman–Crippen LogP) is 3.55. The maximum Gasteiger partial charge on any atom is 0.301 e. The van der Waals surface area contributed by atoms with Gasteiger partial charge in [-0.25, -0.2) is 18.4 Å². The van der Waals surface area contributed by atoms with Crippen LogP contribution in [0.1, 0.15) is 38.8 Å². The molecule has 4 rings (SSSR count). The second-order valence-electron chi connectivity index (χ2n) is 6.85. The summed E-state index contributed by atoms with van der Waals surface area (Å²) in [6, 6.07) is 7.01. The second-order valence-corrected chi connectivity index (χ2v) is 8.10. The number of nitrogens with zero attached hydrogens (tertiary/aromatic N) is 7. The molecule has 4 aromatic rings. The fraction of sp³-hybridized carbons (Fsp3) is 0.105. The predicted molar refractivity (Wildman–Crippen MR) is 121 cm³/mol. The molecule has 35 heavy (non-hydrogen) atoms. The highest BCUT2D eigenvalue weighted by Crippen LogP contribution is 2.31. The molecule has 11 nitrogen and oxygen atoms in total. The SMILES string of the molecule is NC(=O)c1cc(Cl)cc(Cl)c1NC(=O)c1cc(Cn2nnc(C(F)F)n2)nn1-c1ncccc1Cl. The fourth-order valence-corrected chi connectivity index (χ4v) is 3.73. The molecule has 3 N–H and O–H groups in total. The van der Waals surface area contributed by atoms with Crippen LogP contribution in [0, 0.1) is 0 Å². The fourth-order valence-electron chi connectivity index (χ4n) is 2.99. The van der Waals surface area contributed by atoms with Crippen molar-refractivity contribution >= 4 is 52.3 Å². The van der Waals surface area contributed by atoms with Crippen molar-refractivity contribution in [2.24, 2.45) is 5.73 Å². The molecule has 1 aromatic carbocycles. The smallest absolute Gasteiger partial charge is 0.301 e. The molecule has 180 valence electrons. The number of nitrogens with two attached hydrogens (primary N) is 1. The number of aromatic nitrogens is 7. The van der Waals surface area contributed by atoms with Crippen LogP contribution in [0.4, 0.5) is 14.5 Å². The van der Waals surface area contributed by atoms with Gasteiger partial charge in [-0.2, -0.15) is 9.90 Å². The van der Waals surface area contributed by atoms with Crippen LogP contribution in [0.3, 0.4) is 0 Å². The number of hydrogen-bond donors (Lipinski definition) is 2. The van der Waals surface area contributed by atoms with E-state index in [9.17, 15) is 18.4 Å². The molecule has 0 aliphatic rings. The number of rotatable bonds is 7. The zero-order valence-corrected chi connectivity index (χ0v) is 19.4. The maximum absolute atomic E-state index is 13.3. The van der Waals surface area contributed by atoms with Crippen molar-refractivity contribution in [1.29, 1.82) is 0 Å². The number of anilines is 1. The molecule has 0 saturated carbocycles. The molecule has 0 unspecified atom stereocenters. The lowest BCUT2D eigenvalue weighted by Gasteiger charge is -2.12. The summed E-state index contributed by atoms with van der Waals surface area (Å²) < 4.78 is 26.7. The van der Waals surface area contributed by atoms with Gasteiger partial charge < -0.3 is 11.1 Å². The van der Waals surface area contributed by atoms with E-state index in [1.807, 2.05) is 0 Å². The van der Waals surface area contributed by atoms with Crippen LogP contribution in [0.25, 0.3) is 5.82 Å². The van der Waals surface area contributed by atoms with Gasteiger partial charge in [0.2, 0.25) is 5.82 Å². The van der Waals surface area contributed by atoms with E-state index in [-0.39, 0.29) is 50.1 Å². The molecule has 3 heterocycles. The number of carbonyl (C=O) groups excluding carboxylic acids is 2. The summed E-state index contributed by atoms with van der Waals surface area (Å²) in [6.07, 6.45) is -1.47. The van der Waals surface area contributed by atoms with Crippen LogP contribution >= 0.6 is 34.8 Å². The Hall–Kier alpha value is -3.68. The van der Waals surface area contributed by atoms with E-state index in [2.05, 4.69) is 30.8 Å². The van der Waals surface area contributed by atoms with Gasteiger partial charge >= 0.3 is 6.43 Å². The average Bonchev–Trinajstić information content (AvgIpc) is 3.43. The number of halogens is 5. The van der Waals surface area contributed by atoms with E-state index < -0.39 is 24.1 Å². The van der Waals surface area contributed by atoms with Crippen molar-refractivity contribution in [3.8, 4) is 5.82 Å². The first kappa shape index (κ1) is 24.4. The molecule has 3 aromatic heterocycles. The number of alkyl halides is 2. The van der Waals surface area contributed by atoms with Crippen LogP contribution < -0.4 is 11.1 Å². The van der Waals surface area contributed by atoms with Crippen LogP contribution in [-0.4, -0.2) is 46.8 Å². The Morgan fingerprint density at radius 1 is 1.11 bits per heavy atom. The standard InChI is InChI=1S/C19H12Cl3F2N9O2/c20-8-4-10(16(25)34)14(12(22)5-8)27-19(35)13-6-9(7-32-30-17(15(23)24)28-31-32)29-33(13)18-11(21)2-1-3-26-18/h1-6,15H,7H2,(H2,25,34)(H,27,35). The highest BCUT2D eigenvalue weighted by atomic mass is 35.5. The van der Waals surface area contributed by atoms with E-state index in [0.29, 0.717) is 0 Å². The third-order valence-corrected chi connectivity index (χ3v) is 5.27. The number of carbonyl (C=O) groups is 2. The molecule has 0 radical (unpaired) electrons. The van der Waals surface area contributed by atoms with Crippen molar-refractivity contribution in [1.82, 2.24) is 35.0 Å². The first-order chi connectivity index (χ1) is 16.6. The first-order valence-electron chi connectivity index (χ1n) is 9.50. The minimum Gasteiger partial charge on any atom is -0.366 e. The average molecular weight is 543 g/mol. The van der Waals surface area contributed by atoms with Gasteiger partial charge in [-0.3, -0.25) is 9.59 Å².